The average Bonchev–Trinajstić information content (AvgIpc) is 3.33. The minimum Gasteiger partial charge on any atom is -0.491 e. The smallest absolute Gasteiger partial charge is 0.305 e. The Morgan fingerprint density at radius 1 is 1.25 bits per heavy atom. The van der Waals surface area contributed by atoms with Gasteiger partial charge in [0.2, 0.25) is 0 Å². The van der Waals surface area contributed by atoms with Crippen LogP contribution in [-0.4, -0.2) is 61.9 Å². The number of carbonyl (C=O) groups excluding carboxylic acids is 2. The summed E-state index contributed by atoms with van der Waals surface area (Å²) in [5.41, 5.74) is 2.52. The predicted molar refractivity (Wildman–Crippen MR) is 119 cm³/mol. The maximum Gasteiger partial charge on any atom is 0.305 e. The number of pyridine rings is 1. The normalized spacial score (nSPS) is 15.7. The summed E-state index contributed by atoms with van der Waals surface area (Å²) < 4.78 is 16.2. The number of anilines is 1. The number of aliphatic imine (C=N–C) groups is 1. The van der Waals surface area contributed by atoms with Gasteiger partial charge in [0.15, 0.2) is 17.8 Å². The van der Waals surface area contributed by atoms with E-state index in [1.807, 2.05) is 23.1 Å². The van der Waals surface area contributed by atoms with Gasteiger partial charge < -0.3 is 24.4 Å². The fourth-order valence-electron chi connectivity index (χ4n) is 3.74. The van der Waals surface area contributed by atoms with E-state index in [-0.39, 0.29) is 12.4 Å². The van der Waals surface area contributed by atoms with Crippen molar-refractivity contribution >= 4 is 29.4 Å². The van der Waals surface area contributed by atoms with E-state index in [0.717, 1.165) is 17.7 Å². The van der Waals surface area contributed by atoms with E-state index in [2.05, 4.69) is 20.0 Å². The Morgan fingerprint density at radius 3 is 2.84 bits per heavy atom. The number of ether oxygens (including phenoxy) is 3. The van der Waals surface area contributed by atoms with E-state index < -0.39 is 0 Å². The van der Waals surface area contributed by atoms with E-state index in [9.17, 15) is 9.59 Å². The van der Waals surface area contributed by atoms with Crippen LogP contribution in [0.1, 0.15) is 24.1 Å². The van der Waals surface area contributed by atoms with Gasteiger partial charge in [-0.15, -0.1) is 0 Å². The van der Waals surface area contributed by atoms with Crippen LogP contribution in [0.3, 0.4) is 0 Å². The lowest BCUT2D eigenvalue weighted by atomic mass is 10.0. The first-order chi connectivity index (χ1) is 15.7. The molecule has 3 heterocycles. The summed E-state index contributed by atoms with van der Waals surface area (Å²) in [4.78, 5) is 34.4. The molecule has 4 rings (SSSR count). The summed E-state index contributed by atoms with van der Waals surface area (Å²) in [6, 6.07) is 9.16. The van der Waals surface area contributed by atoms with Crippen LogP contribution in [0.25, 0.3) is 5.57 Å². The maximum absolute atomic E-state index is 12.1. The predicted octanol–water partition coefficient (Wildman–Crippen LogP) is 2.48. The topological polar surface area (TPSA) is 102 Å². The van der Waals surface area contributed by atoms with Gasteiger partial charge in [0.25, 0.3) is 0 Å². The van der Waals surface area contributed by atoms with Crippen LogP contribution in [0.5, 0.6) is 11.5 Å². The average molecular weight is 436 g/mol. The van der Waals surface area contributed by atoms with Gasteiger partial charge in [0.1, 0.15) is 11.7 Å². The van der Waals surface area contributed by atoms with Crippen LogP contribution in [0.4, 0.5) is 5.69 Å². The van der Waals surface area contributed by atoms with Gasteiger partial charge >= 0.3 is 5.97 Å². The van der Waals surface area contributed by atoms with Crippen molar-refractivity contribution in [3.05, 3.63) is 53.6 Å². The molecule has 0 aliphatic carbocycles. The lowest BCUT2D eigenvalue weighted by Gasteiger charge is -2.33. The number of allylic oxidation sites excluding steroid dienone is 1. The number of nitrogens with one attached hydrogen (secondary N) is 1. The van der Waals surface area contributed by atoms with Crippen LogP contribution < -0.4 is 14.8 Å². The van der Waals surface area contributed by atoms with E-state index in [0.29, 0.717) is 60.4 Å². The second kappa shape index (κ2) is 9.51. The highest BCUT2D eigenvalue weighted by Crippen LogP contribution is 2.43. The number of carbonyl (C=O) groups is 2. The Hall–Kier alpha value is -3.88. The van der Waals surface area contributed by atoms with Crippen LogP contribution >= 0.6 is 0 Å². The molecule has 0 atom stereocenters. The van der Waals surface area contributed by atoms with Gasteiger partial charge in [-0.25, -0.2) is 0 Å². The maximum atomic E-state index is 12.1. The number of esters is 1. The molecular formula is C23H24N4O5. The van der Waals surface area contributed by atoms with Crippen LogP contribution in [0, 0.1) is 0 Å². The van der Waals surface area contributed by atoms with Crippen LogP contribution in [-0.2, 0) is 14.3 Å². The first-order valence-corrected chi connectivity index (χ1v) is 10.3. The van der Waals surface area contributed by atoms with E-state index in [1.54, 1.807) is 25.4 Å². The molecule has 0 saturated heterocycles. The van der Waals surface area contributed by atoms with E-state index in [4.69, 9.17) is 9.47 Å². The number of rotatable bonds is 8. The number of hydrogen-bond acceptors (Lipinski definition) is 9. The number of aromatic nitrogens is 1. The quantitative estimate of drug-likeness (QED) is 0.291. The standard InChI is InChI=1S/C23H24N4O5/c1-30-19(29)7-5-13-32-18-9-8-15-20(21(18)31-2)26-23(27-12-11-25-22(15)27)16(14-28)17-6-3-4-10-24-17/h3-4,6,8-10,14,26H,5,7,11-13H2,1-2H3. The molecule has 0 bridgehead atoms. The Balaban J connectivity index is 1.71. The Kier molecular flexibility index (Phi) is 6.34. The van der Waals surface area contributed by atoms with Gasteiger partial charge in [-0.2, -0.15) is 0 Å². The van der Waals surface area contributed by atoms with Crippen molar-refractivity contribution in [1.82, 2.24) is 9.88 Å². The first-order valence-electron chi connectivity index (χ1n) is 10.3. The molecule has 0 radical (unpaired) electrons. The van der Waals surface area contributed by atoms with E-state index >= 15 is 0 Å². The third-order valence-corrected chi connectivity index (χ3v) is 5.25. The van der Waals surface area contributed by atoms with Crippen molar-refractivity contribution in [3.8, 4) is 11.5 Å². The molecule has 1 N–H and O–H groups in total. The summed E-state index contributed by atoms with van der Waals surface area (Å²) in [5, 5.41) is 3.37. The molecule has 32 heavy (non-hydrogen) atoms. The van der Waals surface area contributed by atoms with Crippen molar-refractivity contribution < 1.29 is 23.8 Å². The second-order valence-electron chi connectivity index (χ2n) is 7.12. The highest BCUT2D eigenvalue weighted by Gasteiger charge is 2.34. The molecule has 1 aromatic carbocycles. The van der Waals surface area contributed by atoms with Gasteiger partial charge in [0.05, 0.1) is 44.3 Å². The minimum absolute atomic E-state index is 0.271. The summed E-state index contributed by atoms with van der Waals surface area (Å²) in [7, 11) is 2.92. The van der Waals surface area contributed by atoms with Crippen molar-refractivity contribution in [2.24, 2.45) is 4.99 Å². The largest absolute Gasteiger partial charge is 0.491 e. The number of hydrogen-bond donors (Lipinski definition) is 1. The molecular weight excluding hydrogens is 412 g/mol. The zero-order chi connectivity index (χ0) is 22.5. The molecule has 2 aliphatic rings. The monoisotopic (exact) mass is 436 g/mol. The number of methoxy groups -OCH3 is 2. The molecule has 0 saturated carbocycles. The molecule has 2 aliphatic heterocycles. The zero-order valence-electron chi connectivity index (χ0n) is 18.0. The number of aldehydes is 1. The Bertz CT molecular complexity index is 1080. The lowest BCUT2D eigenvalue weighted by Crippen LogP contribution is -2.37. The second-order valence-corrected chi connectivity index (χ2v) is 7.12. The Labute approximate surface area is 185 Å². The van der Waals surface area contributed by atoms with Crippen LogP contribution in [0.2, 0.25) is 0 Å². The van der Waals surface area contributed by atoms with E-state index in [1.165, 1.54) is 7.11 Å². The third-order valence-electron chi connectivity index (χ3n) is 5.25. The number of amidine groups is 1. The summed E-state index contributed by atoms with van der Waals surface area (Å²) >= 11 is 0. The highest BCUT2D eigenvalue weighted by atomic mass is 16.5. The SMILES string of the molecule is COC(=O)CCCOc1ccc2c(c1OC)NC(=C(C=O)c1ccccn1)N1CCN=C21. The number of benzene rings is 1. The molecule has 9 heteroatoms. The van der Waals surface area contributed by atoms with Gasteiger partial charge in [0, 0.05) is 24.7 Å². The van der Waals surface area contributed by atoms with Gasteiger partial charge in [-0.3, -0.25) is 19.6 Å². The lowest BCUT2D eigenvalue weighted by molar-refractivity contribution is -0.140. The van der Waals surface area contributed by atoms with Gasteiger partial charge in [-0.1, -0.05) is 6.07 Å². The highest BCUT2D eigenvalue weighted by molar-refractivity contribution is 6.14. The van der Waals surface area contributed by atoms with Crippen LogP contribution in [0.15, 0.2) is 47.3 Å². The summed E-state index contributed by atoms with van der Waals surface area (Å²) in [5.74, 6) is 2.11. The molecule has 1 aromatic heterocycles. The zero-order valence-corrected chi connectivity index (χ0v) is 18.0. The fourth-order valence-corrected chi connectivity index (χ4v) is 3.74. The molecule has 0 fully saturated rings. The van der Waals surface area contributed by atoms with Crippen molar-refractivity contribution in [3.63, 3.8) is 0 Å². The molecule has 9 nitrogen and oxygen atoms in total. The fraction of sp³-hybridized carbons (Fsp3) is 0.304. The van der Waals surface area contributed by atoms with Crippen molar-refractivity contribution in [2.75, 3.05) is 39.2 Å². The molecule has 0 unspecified atom stereocenters. The molecule has 2 aromatic rings. The molecule has 166 valence electrons. The van der Waals surface area contributed by atoms with Crippen molar-refractivity contribution in [1.29, 1.82) is 0 Å². The summed E-state index contributed by atoms with van der Waals surface area (Å²) in [6.07, 6.45) is 3.23. The first kappa shape index (κ1) is 21.4. The van der Waals surface area contributed by atoms with Crippen molar-refractivity contribution in [2.45, 2.75) is 12.8 Å². The Morgan fingerprint density at radius 2 is 2.12 bits per heavy atom. The number of nitrogens with zero attached hydrogens (tertiary/aromatic N) is 3. The minimum atomic E-state index is -0.280. The summed E-state index contributed by atoms with van der Waals surface area (Å²) in [6.45, 7) is 1.59. The molecule has 0 spiro atoms. The molecule has 0 amide bonds. The third kappa shape index (κ3) is 4.01. The number of fused-ring (bicyclic) bond motifs is 3. The van der Waals surface area contributed by atoms with Gasteiger partial charge in [-0.05, 0) is 30.7 Å².